The van der Waals surface area contributed by atoms with Gasteiger partial charge in [-0.15, -0.1) is 0 Å². The molecule has 3 rings (SSSR count). The van der Waals surface area contributed by atoms with Gasteiger partial charge in [-0.05, 0) is 25.1 Å². The highest BCUT2D eigenvalue weighted by Gasteiger charge is 2.35. The van der Waals surface area contributed by atoms with E-state index in [0.717, 1.165) is 13.1 Å². The minimum atomic E-state index is -4.99. The van der Waals surface area contributed by atoms with Crippen LogP contribution in [0.5, 0.6) is 17.4 Å². The number of ether oxygens (including phenoxy) is 2. The molecule has 0 unspecified atom stereocenters. The van der Waals surface area contributed by atoms with Crippen molar-refractivity contribution >= 4 is 5.97 Å². The Hall–Kier alpha value is -4.16. The lowest BCUT2D eigenvalue weighted by Crippen LogP contribution is -2.41. The number of benzene rings is 1. The van der Waals surface area contributed by atoms with E-state index >= 15 is 0 Å². The second kappa shape index (κ2) is 8.76. The Bertz CT molecular complexity index is 1350. The van der Waals surface area contributed by atoms with Gasteiger partial charge in [0.1, 0.15) is 5.69 Å². The molecule has 2 aromatic heterocycles. The summed E-state index contributed by atoms with van der Waals surface area (Å²) in [6.07, 6.45) is -4.99. The minimum absolute atomic E-state index is 0.00888. The maximum Gasteiger partial charge on any atom is 0.431 e. The topological polar surface area (TPSA) is 113 Å². The highest BCUT2D eigenvalue weighted by Crippen LogP contribution is 2.33. The molecule has 13 heteroatoms. The molecule has 0 radical (unpaired) electrons. The minimum Gasteiger partial charge on any atom is -0.479 e. The molecule has 0 amide bonds. The normalized spacial score (nSPS) is 11.3. The lowest BCUT2D eigenvalue weighted by molar-refractivity contribution is -0.144. The van der Waals surface area contributed by atoms with Gasteiger partial charge in [-0.25, -0.2) is 18.5 Å². The molecule has 0 bridgehead atoms. The molecule has 0 aliphatic heterocycles. The SMILES string of the molecule is Cc1cc(F)c(-n2c(=O)cc(C(F)(F)F)n(C)c2=O)nc1Oc1ccccc1OCC(=O)O. The highest BCUT2D eigenvalue weighted by atomic mass is 19.4. The van der Waals surface area contributed by atoms with Crippen LogP contribution in [0, 0.1) is 12.7 Å². The Labute approximate surface area is 182 Å². The van der Waals surface area contributed by atoms with Crippen molar-refractivity contribution in [3.8, 4) is 23.2 Å². The van der Waals surface area contributed by atoms with Crippen molar-refractivity contribution in [2.45, 2.75) is 13.1 Å². The van der Waals surface area contributed by atoms with E-state index < -0.39 is 47.3 Å². The number of aryl methyl sites for hydroxylation is 1. The number of alkyl halides is 3. The fraction of sp³-hybridized carbons (Fsp3) is 0.200. The predicted octanol–water partition coefficient (Wildman–Crippen LogP) is 2.65. The van der Waals surface area contributed by atoms with Crippen LogP contribution < -0.4 is 20.7 Å². The lowest BCUT2D eigenvalue weighted by atomic mass is 10.2. The maximum atomic E-state index is 14.6. The average molecular weight is 469 g/mol. The smallest absolute Gasteiger partial charge is 0.431 e. The summed E-state index contributed by atoms with van der Waals surface area (Å²) in [7, 11) is 0.778. The number of aliphatic carboxylic acids is 1. The van der Waals surface area contributed by atoms with Crippen LogP contribution in [0.4, 0.5) is 17.6 Å². The van der Waals surface area contributed by atoms with Crippen molar-refractivity contribution in [1.29, 1.82) is 0 Å². The summed E-state index contributed by atoms with van der Waals surface area (Å²) in [5.74, 6) is -3.59. The summed E-state index contributed by atoms with van der Waals surface area (Å²) in [6, 6.07) is 6.88. The van der Waals surface area contributed by atoms with Gasteiger partial charge in [0.25, 0.3) is 5.56 Å². The van der Waals surface area contributed by atoms with E-state index in [1.807, 2.05) is 0 Å². The standard InChI is InChI=1S/C20H15F4N3O6/c1-10-7-11(21)17(27-15(28)8-14(20(22,23)24)26(2)19(27)31)25-18(10)33-13-6-4-3-5-12(13)32-9-16(29)30/h3-8H,9H2,1-2H3,(H,29,30). The van der Waals surface area contributed by atoms with Gasteiger partial charge in [0, 0.05) is 18.7 Å². The van der Waals surface area contributed by atoms with Crippen molar-refractivity contribution in [2.75, 3.05) is 6.61 Å². The van der Waals surface area contributed by atoms with Crippen molar-refractivity contribution in [3.05, 3.63) is 74.3 Å². The van der Waals surface area contributed by atoms with Crippen LogP contribution in [0.25, 0.3) is 5.82 Å². The monoisotopic (exact) mass is 469 g/mol. The van der Waals surface area contributed by atoms with Crippen molar-refractivity contribution in [1.82, 2.24) is 14.1 Å². The number of hydrogen-bond donors (Lipinski definition) is 1. The van der Waals surface area contributed by atoms with Crippen LogP contribution in [0.15, 0.2) is 46.0 Å². The number of halogens is 4. The second-order valence-electron chi connectivity index (χ2n) is 6.69. The van der Waals surface area contributed by atoms with Crippen LogP contribution in [0.1, 0.15) is 11.3 Å². The molecule has 0 aliphatic carbocycles. The van der Waals surface area contributed by atoms with Gasteiger partial charge < -0.3 is 14.6 Å². The fourth-order valence-corrected chi connectivity index (χ4v) is 2.80. The molecule has 0 saturated carbocycles. The summed E-state index contributed by atoms with van der Waals surface area (Å²) in [5.41, 5.74) is -4.32. The van der Waals surface area contributed by atoms with Crippen molar-refractivity contribution in [2.24, 2.45) is 7.05 Å². The van der Waals surface area contributed by atoms with E-state index in [4.69, 9.17) is 14.6 Å². The average Bonchev–Trinajstić information content (AvgIpc) is 2.72. The molecule has 1 N–H and O–H groups in total. The second-order valence-corrected chi connectivity index (χ2v) is 6.69. The fourth-order valence-electron chi connectivity index (χ4n) is 2.80. The Balaban J connectivity index is 2.12. The number of pyridine rings is 1. The Kier molecular flexibility index (Phi) is 6.24. The van der Waals surface area contributed by atoms with E-state index in [-0.39, 0.29) is 38.1 Å². The molecule has 0 fully saturated rings. The molecule has 0 aliphatic rings. The Morgan fingerprint density at radius 1 is 1.15 bits per heavy atom. The molecule has 9 nitrogen and oxygen atoms in total. The number of carboxylic acids is 1. The summed E-state index contributed by atoms with van der Waals surface area (Å²) in [5, 5.41) is 8.78. The Morgan fingerprint density at radius 2 is 1.79 bits per heavy atom. The number of carboxylic acid groups (broad SMARTS) is 1. The van der Waals surface area contributed by atoms with Gasteiger partial charge in [0.15, 0.2) is 29.7 Å². The van der Waals surface area contributed by atoms with E-state index in [0.29, 0.717) is 0 Å². The number of nitrogens with zero attached hydrogens (tertiary/aromatic N) is 3. The predicted molar refractivity (Wildman–Crippen MR) is 104 cm³/mol. The number of hydrogen-bond acceptors (Lipinski definition) is 6. The van der Waals surface area contributed by atoms with Gasteiger partial charge >= 0.3 is 17.8 Å². The van der Waals surface area contributed by atoms with Crippen LogP contribution >= 0.6 is 0 Å². The molecule has 3 aromatic rings. The quantitative estimate of drug-likeness (QED) is 0.553. The lowest BCUT2D eigenvalue weighted by Gasteiger charge is -2.16. The maximum absolute atomic E-state index is 14.6. The summed E-state index contributed by atoms with van der Waals surface area (Å²) in [6.45, 7) is 0.710. The largest absolute Gasteiger partial charge is 0.479 e. The zero-order valence-electron chi connectivity index (χ0n) is 17.0. The van der Waals surface area contributed by atoms with E-state index in [1.54, 1.807) is 0 Å². The molecule has 174 valence electrons. The first-order chi connectivity index (χ1) is 15.4. The van der Waals surface area contributed by atoms with Crippen molar-refractivity contribution < 1.29 is 36.9 Å². The summed E-state index contributed by atoms with van der Waals surface area (Å²) >= 11 is 0. The molecular weight excluding hydrogens is 454 g/mol. The van der Waals surface area contributed by atoms with Crippen molar-refractivity contribution in [3.63, 3.8) is 0 Å². The number of rotatable bonds is 6. The summed E-state index contributed by atoms with van der Waals surface area (Å²) in [4.78, 5) is 39.4. The third-order valence-electron chi connectivity index (χ3n) is 4.33. The zero-order valence-corrected chi connectivity index (χ0v) is 17.0. The molecule has 0 saturated heterocycles. The molecule has 33 heavy (non-hydrogen) atoms. The highest BCUT2D eigenvalue weighted by molar-refractivity contribution is 5.68. The van der Waals surface area contributed by atoms with Gasteiger partial charge in [-0.1, -0.05) is 12.1 Å². The number of carbonyl (C=O) groups is 1. The van der Waals surface area contributed by atoms with E-state index in [1.165, 1.54) is 31.2 Å². The van der Waals surface area contributed by atoms with Crippen LogP contribution in [-0.4, -0.2) is 31.8 Å². The first-order valence-electron chi connectivity index (χ1n) is 9.09. The van der Waals surface area contributed by atoms with Gasteiger partial charge in [-0.3, -0.25) is 9.36 Å². The van der Waals surface area contributed by atoms with Gasteiger partial charge in [-0.2, -0.15) is 18.2 Å². The number of para-hydroxylation sites is 2. The van der Waals surface area contributed by atoms with Crippen LogP contribution in [0.2, 0.25) is 0 Å². The first kappa shape index (κ1) is 23.5. The Morgan fingerprint density at radius 3 is 2.39 bits per heavy atom. The zero-order chi connectivity index (χ0) is 24.5. The summed E-state index contributed by atoms with van der Waals surface area (Å²) < 4.78 is 64.8. The van der Waals surface area contributed by atoms with Gasteiger partial charge in [0.05, 0.1) is 0 Å². The third kappa shape index (κ3) is 4.86. The van der Waals surface area contributed by atoms with E-state index in [9.17, 15) is 31.9 Å². The molecular formula is C20H15F4N3O6. The van der Waals surface area contributed by atoms with Crippen LogP contribution in [-0.2, 0) is 18.0 Å². The molecule has 0 atom stereocenters. The van der Waals surface area contributed by atoms with Gasteiger partial charge in [0.2, 0.25) is 5.88 Å². The number of aromatic nitrogens is 3. The third-order valence-corrected chi connectivity index (χ3v) is 4.33. The van der Waals surface area contributed by atoms with E-state index in [2.05, 4.69) is 4.98 Å². The molecule has 0 spiro atoms. The molecule has 2 heterocycles. The molecule has 1 aromatic carbocycles. The first-order valence-corrected chi connectivity index (χ1v) is 9.09. The van der Waals surface area contributed by atoms with Crippen LogP contribution in [0.3, 0.4) is 0 Å².